The van der Waals surface area contributed by atoms with Gasteiger partial charge >= 0.3 is 23.9 Å². The van der Waals surface area contributed by atoms with Gasteiger partial charge in [-0.2, -0.15) is 0 Å². The van der Waals surface area contributed by atoms with Crippen molar-refractivity contribution in [1.29, 1.82) is 0 Å². The van der Waals surface area contributed by atoms with Crippen LogP contribution in [0.5, 0.6) is 0 Å². The van der Waals surface area contributed by atoms with Crippen LogP contribution in [0.2, 0.25) is 0 Å². The van der Waals surface area contributed by atoms with Gasteiger partial charge in [0.1, 0.15) is 22.1 Å². The highest BCUT2D eigenvalue weighted by Gasteiger charge is 2.21. The first-order valence-electron chi connectivity index (χ1n) is 24.0. The fourth-order valence-corrected chi connectivity index (χ4v) is 9.01. The summed E-state index contributed by atoms with van der Waals surface area (Å²) in [4.78, 5) is 84.2. The van der Waals surface area contributed by atoms with E-state index in [0.29, 0.717) is 79.1 Å². The van der Waals surface area contributed by atoms with Crippen molar-refractivity contribution in [3.8, 4) is 45.1 Å². The van der Waals surface area contributed by atoms with Gasteiger partial charge in [0.25, 0.3) is 5.91 Å². The highest BCUT2D eigenvalue weighted by atomic mass is 32.1. The van der Waals surface area contributed by atoms with Crippen molar-refractivity contribution in [3.05, 3.63) is 191 Å². The van der Waals surface area contributed by atoms with Crippen LogP contribution >= 0.6 is 11.3 Å². The lowest BCUT2D eigenvalue weighted by molar-refractivity contribution is 0.0686. The van der Waals surface area contributed by atoms with Gasteiger partial charge in [0.2, 0.25) is 23.6 Å². The molecule has 1 aliphatic heterocycles. The van der Waals surface area contributed by atoms with Gasteiger partial charge in [-0.3, -0.25) is 14.8 Å². The van der Waals surface area contributed by atoms with Gasteiger partial charge in [-0.25, -0.2) is 39.1 Å². The van der Waals surface area contributed by atoms with E-state index in [0.717, 1.165) is 47.5 Å². The Kier molecular flexibility index (Phi) is 14.9. The number of carboxylic acid groups (broad SMARTS) is 4. The summed E-state index contributed by atoms with van der Waals surface area (Å²) in [5.41, 5.74) is 9.04. The number of pyridine rings is 2. The molecule has 0 unspecified atom stereocenters. The molecule has 1 saturated heterocycles. The maximum absolute atomic E-state index is 12.5. The van der Waals surface area contributed by atoms with Crippen molar-refractivity contribution in [2.75, 3.05) is 13.1 Å². The molecular weight excluding hydrogens is 1030 g/mol. The molecule has 0 saturated carbocycles. The largest absolute Gasteiger partial charge is 0.478 e. The summed E-state index contributed by atoms with van der Waals surface area (Å²) in [7, 11) is 0. The van der Waals surface area contributed by atoms with E-state index in [2.05, 4.69) is 29.9 Å². The summed E-state index contributed by atoms with van der Waals surface area (Å²) in [6, 6.07) is 34.7. The number of benzene rings is 5. The molecule has 13 rings (SSSR count). The van der Waals surface area contributed by atoms with Crippen LogP contribution in [0.3, 0.4) is 0 Å². The molecule has 0 radical (unpaired) electrons. The molecule has 7 aromatic heterocycles. The number of aromatic carboxylic acids is 4. The number of oxazole rings is 4. The van der Waals surface area contributed by atoms with E-state index < -0.39 is 23.9 Å². The Morgan fingerprint density at radius 1 is 0.456 bits per heavy atom. The summed E-state index contributed by atoms with van der Waals surface area (Å²) >= 11 is 1.56. The number of hydrogen-bond acceptors (Lipinski definition) is 16. The Hall–Kier alpha value is -10.7. The number of rotatable bonds is 9. The van der Waals surface area contributed by atoms with Gasteiger partial charge in [0, 0.05) is 54.6 Å². The molecule has 0 aliphatic carbocycles. The van der Waals surface area contributed by atoms with Crippen LogP contribution in [-0.2, 0) is 0 Å². The van der Waals surface area contributed by atoms with Crippen LogP contribution in [0.25, 0.3) is 89.5 Å². The summed E-state index contributed by atoms with van der Waals surface area (Å²) in [5.74, 6) is -2.18. The first-order chi connectivity index (χ1) is 38.2. The minimum absolute atomic E-state index is 0.00484. The third kappa shape index (κ3) is 11.8. The summed E-state index contributed by atoms with van der Waals surface area (Å²) in [6.07, 6.45) is 8.68. The van der Waals surface area contributed by atoms with Crippen molar-refractivity contribution in [1.82, 2.24) is 34.8 Å². The number of carboxylic acids is 4. The lowest BCUT2D eigenvalue weighted by atomic mass is 10.1. The van der Waals surface area contributed by atoms with E-state index >= 15 is 0 Å². The van der Waals surface area contributed by atoms with E-state index in [1.54, 1.807) is 103 Å². The van der Waals surface area contributed by atoms with Gasteiger partial charge in [-0.05, 0) is 152 Å². The topological polar surface area (TPSA) is 299 Å². The molecule has 12 aromatic rings. The van der Waals surface area contributed by atoms with Crippen molar-refractivity contribution >= 4 is 85.5 Å². The van der Waals surface area contributed by atoms with Crippen LogP contribution in [0.15, 0.2) is 175 Å². The highest BCUT2D eigenvalue weighted by Crippen LogP contribution is 2.32. The van der Waals surface area contributed by atoms with Gasteiger partial charge in [-0.1, -0.05) is 6.07 Å². The second kappa shape index (κ2) is 22.7. The first kappa shape index (κ1) is 51.8. The number of hydrogen-bond donors (Lipinski definition) is 4. The van der Waals surface area contributed by atoms with Crippen molar-refractivity contribution in [3.63, 3.8) is 0 Å². The zero-order chi connectivity index (χ0) is 55.2. The fourth-order valence-electron chi connectivity index (χ4n) is 8.16. The number of fused-ring (bicyclic) bond motifs is 4. The molecule has 4 N–H and O–H groups in total. The average molecular weight is 1080 g/mol. The quantitative estimate of drug-likeness (QED) is 0.104. The minimum atomic E-state index is -1.00. The number of amides is 1. The number of likely N-dealkylation sites (tertiary alicyclic amines) is 1. The van der Waals surface area contributed by atoms with E-state index in [9.17, 15) is 24.0 Å². The SMILES string of the molecule is Cc1ccsc1-c1nc2ccc(C(=O)O)cc2o1.O=C(O)c1ccc2nc(-c3cccnc3)oc2c1.O=C(O)c1ccc2nc(-c3ccncc3)oc2c1.O=C(O)c1cccc(-c2nc3ccc(C(=O)N4CCCC4)cc3o2)c1. The molecule has 0 spiro atoms. The lowest BCUT2D eigenvalue weighted by Crippen LogP contribution is -2.27. The standard InChI is InChI=1S/C19H16N2O4.2C13H8N2O3.C13H9NO3S/c22-18(21-8-1-2-9-21)13-6-7-15-16(11-13)25-17(20-15)12-4-3-5-14(10-12)19(23)24;16-13(17)9-1-2-10-11(7-9)18-12(15-10)8-3-5-14-6-4-8;16-13(17)8-3-4-10-11(6-8)18-12(15-10)9-2-1-5-14-7-9;1-7-4-5-18-11(7)12-14-9-3-2-8(13(15)16)6-10(9)17-12/h3-7,10-11H,1-2,8-9H2,(H,23,24);2*1-7H,(H,16,17);2-6H,1H3,(H,15,16). The molecular formula is C58H41N7O13S. The maximum atomic E-state index is 12.5. The second-order valence-corrected chi connectivity index (χ2v) is 18.4. The Balaban J connectivity index is 0.000000120. The lowest BCUT2D eigenvalue weighted by Gasteiger charge is -2.14. The van der Waals surface area contributed by atoms with Gasteiger partial charge in [0.15, 0.2) is 22.3 Å². The van der Waals surface area contributed by atoms with Crippen LogP contribution in [0.1, 0.15) is 70.2 Å². The Bertz CT molecular complexity index is 4110. The summed E-state index contributed by atoms with van der Waals surface area (Å²) in [6.45, 7) is 3.57. The number of aryl methyl sites for hydroxylation is 1. The smallest absolute Gasteiger partial charge is 0.335 e. The molecule has 1 aliphatic rings. The number of nitrogens with zero attached hydrogens (tertiary/aromatic N) is 7. The maximum Gasteiger partial charge on any atom is 0.335 e. The fraction of sp³-hybridized carbons (Fsp3) is 0.0862. The zero-order valence-corrected chi connectivity index (χ0v) is 42.2. The van der Waals surface area contributed by atoms with E-state index in [-0.39, 0.29) is 28.2 Å². The number of carbonyl (C=O) groups is 5. The molecule has 1 fully saturated rings. The average Bonchev–Trinajstić information content (AvgIpc) is 4.45. The summed E-state index contributed by atoms with van der Waals surface area (Å²) in [5, 5.41) is 37.8. The normalized spacial score (nSPS) is 11.8. The van der Waals surface area contributed by atoms with Gasteiger partial charge in [-0.15, -0.1) is 11.3 Å². The zero-order valence-electron chi connectivity index (χ0n) is 41.3. The molecule has 0 bridgehead atoms. The molecule has 79 heavy (non-hydrogen) atoms. The monoisotopic (exact) mass is 1080 g/mol. The van der Waals surface area contributed by atoms with Gasteiger partial charge < -0.3 is 43.0 Å². The molecule has 1 amide bonds. The van der Waals surface area contributed by atoms with E-state index in [1.807, 2.05) is 29.3 Å². The number of carbonyl (C=O) groups excluding carboxylic acids is 1. The third-order valence-electron chi connectivity index (χ3n) is 12.2. The third-order valence-corrected chi connectivity index (χ3v) is 13.2. The second-order valence-electron chi connectivity index (χ2n) is 17.5. The predicted molar refractivity (Wildman–Crippen MR) is 289 cm³/mol. The molecule has 0 atom stereocenters. The van der Waals surface area contributed by atoms with Crippen molar-refractivity contribution in [2.24, 2.45) is 0 Å². The molecule has 21 heteroatoms. The van der Waals surface area contributed by atoms with Crippen LogP contribution in [-0.4, -0.2) is 98.1 Å². The minimum Gasteiger partial charge on any atom is -0.478 e. The Morgan fingerprint density at radius 2 is 0.899 bits per heavy atom. The van der Waals surface area contributed by atoms with Gasteiger partial charge in [0.05, 0.1) is 32.7 Å². The number of aromatic nitrogens is 6. The van der Waals surface area contributed by atoms with Crippen molar-refractivity contribution in [2.45, 2.75) is 19.8 Å². The first-order valence-corrected chi connectivity index (χ1v) is 24.9. The molecule has 5 aromatic carbocycles. The van der Waals surface area contributed by atoms with Crippen molar-refractivity contribution < 1.29 is 62.1 Å². The van der Waals surface area contributed by atoms with E-state index in [4.69, 9.17) is 38.1 Å². The molecule has 8 heterocycles. The molecule has 20 nitrogen and oxygen atoms in total. The summed E-state index contributed by atoms with van der Waals surface area (Å²) < 4.78 is 22.5. The van der Waals surface area contributed by atoms with Crippen LogP contribution < -0.4 is 0 Å². The predicted octanol–water partition coefficient (Wildman–Crippen LogP) is 12.2. The van der Waals surface area contributed by atoms with E-state index in [1.165, 1.54) is 48.5 Å². The number of thiophene rings is 1. The highest BCUT2D eigenvalue weighted by molar-refractivity contribution is 7.13. The van der Waals surface area contributed by atoms with Crippen LogP contribution in [0.4, 0.5) is 0 Å². The Labute approximate surface area is 449 Å². The molecule has 392 valence electrons. The van der Waals surface area contributed by atoms with Crippen LogP contribution in [0, 0.1) is 6.92 Å². The Morgan fingerprint density at radius 3 is 1.38 bits per heavy atom.